The molecule has 0 unspecified atom stereocenters. The van der Waals surface area contributed by atoms with E-state index in [0.29, 0.717) is 13.2 Å². The van der Waals surface area contributed by atoms with Crippen molar-refractivity contribution >= 4 is 17.6 Å². The number of ether oxygens (including phenoxy) is 3. The van der Waals surface area contributed by atoms with E-state index in [9.17, 15) is 9.59 Å². The number of benzene rings is 1. The molecule has 2 bridgehead atoms. The molecule has 0 aliphatic carbocycles. The summed E-state index contributed by atoms with van der Waals surface area (Å²) >= 11 is 0. The highest BCUT2D eigenvalue weighted by molar-refractivity contribution is 6.02. The van der Waals surface area contributed by atoms with E-state index in [1.54, 1.807) is 12.0 Å². The monoisotopic (exact) mass is 343 g/mol. The number of hydrogen-bond donors (Lipinski definition) is 0. The summed E-state index contributed by atoms with van der Waals surface area (Å²) in [6, 6.07) is 7.31. The molecule has 6 nitrogen and oxygen atoms in total. The Morgan fingerprint density at radius 2 is 2.12 bits per heavy atom. The van der Waals surface area contributed by atoms with Gasteiger partial charge in [0.05, 0.1) is 32.3 Å². The fourth-order valence-electron chi connectivity index (χ4n) is 4.05. The number of anilines is 1. The van der Waals surface area contributed by atoms with Crippen molar-refractivity contribution < 1.29 is 23.8 Å². The van der Waals surface area contributed by atoms with Crippen LogP contribution < -0.4 is 9.64 Å². The maximum Gasteiger partial charge on any atom is 0.312 e. The molecule has 2 fully saturated rings. The standard InChI is InChI=1S/C19H21NO5/c1-3-10-24-18(22)15-14-8-9-19(25-14)11-20(17(21)16(15)19)12-4-6-13(23-2)7-5-12/h4-9,14-16H,3,10-11H2,1-2H3/t14-,15+,16+,19+/m1/s1. The highest BCUT2D eigenvalue weighted by Gasteiger charge is 2.67. The van der Waals surface area contributed by atoms with E-state index in [-0.39, 0.29) is 18.0 Å². The number of methoxy groups -OCH3 is 1. The molecule has 25 heavy (non-hydrogen) atoms. The molecule has 4 atom stereocenters. The molecule has 1 amide bonds. The Morgan fingerprint density at radius 3 is 2.80 bits per heavy atom. The van der Waals surface area contributed by atoms with Crippen LogP contribution in [0.4, 0.5) is 5.69 Å². The third kappa shape index (κ3) is 2.35. The molecule has 0 saturated carbocycles. The van der Waals surface area contributed by atoms with Gasteiger partial charge >= 0.3 is 5.97 Å². The Labute approximate surface area is 146 Å². The summed E-state index contributed by atoms with van der Waals surface area (Å²) < 4.78 is 16.5. The van der Waals surface area contributed by atoms with Crippen molar-refractivity contribution in [1.29, 1.82) is 0 Å². The van der Waals surface area contributed by atoms with Crippen LogP contribution in [-0.2, 0) is 19.1 Å². The predicted molar refractivity (Wildman–Crippen MR) is 90.3 cm³/mol. The van der Waals surface area contributed by atoms with Gasteiger partial charge in [0.15, 0.2) is 0 Å². The lowest BCUT2D eigenvalue weighted by molar-refractivity contribution is -0.152. The van der Waals surface area contributed by atoms with Gasteiger partial charge in [-0.2, -0.15) is 0 Å². The van der Waals surface area contributed by atoms with Gasteiger partial charge in [0.2, 0.25) is 5.91 Å². The van der Waals surface area contributed by atoms with Gasteiger partial charge in [-0.15, -0.1) is 0 Å². The van der Waals surface area contributed by atoms with Crippen molar-refractivity contribution in [3.8, 4) is 5.75 Å². The minimum absolute atomic E-state index is 0.0875. The van der Waals surface area contributed by atoms with Gasteiger partial charge in [0.25, 0.3) is 0 Å². The van der Waals surface area contributed by atoms with Gasteiger partial charge in [0.1, 0.15) is 17.3 Å². The lowest BCUT2D eigenvalue weighted by atomic mass is 9.77. The van der Waals surface area contributed by atoms with Crippen LogP contribution in [0.3, 0.4) is 0 Å². The highest BCUT2D eigenvalue weighted by atomic mass is 16.6. The fourth-order valence-corrected chi connectivity index (χ4v) is 4.05. The molecule has 3 aliphatic heterocycles. The zero-order valence-corrected chi connectivity index (χ0v) is 14.3. The average Bonchev–Trinajstić information content (AvgIpc) is 3.28. The Hall–Kier alpha value is -2.34. The zero-order chi connectivity index (χ0) is 17.6. The molecular weight excluding hydrogens is 322 g/mol. The first-order valence-corrected chi connectivity index (χ1v) is 8.59. The van der Waals surface area contributed by atoms with Crippen molar-refractivity contribution in [2.24, 2.45) is 11.8 Å². The van der Waals surface area contributed by atoms with Crippen molar-refractivity contribution in [2.45, 2.75) is 25.0 Å². The number of carbonyl (C=O) groups is 2. The van der Waals surface area contributed by atoms with Crippen LogP contribution in [0.5, 0.6) is 5.75 Å². The fraction of sp³-hybridized carbons (Fsp3) is 0.474. The average molecular weight is 343 g/mol. The van der Waals surface area contributed by atoms with Crippen LogP contribution in [0, 0.1) is 11.8 Å². The van der Waals surface area contributed by atoms with E-state index >= 15 is 0 Å². The molecule has 3 aliphatic rings. The second kappa shape index (κ2) is 5.88. The minimum Gasteiger partial charge on any atom is -0.497 e. The number of esters is 1. The Balaban J connectivity index is 1.61. The molecule has 1 spiro atoms. The third-order valence-corrected chi connectivity index (χ3v) is 5.21. The topological polar surface area (TPSA) is 65.1 Å². The van der Waals surface area contributed by atoms with E-state index in [4.69, 9.17) is 14.2 Å². The van der Waals surface area contributed by atoms with Gasteiger partial charge in [0, 0.05) is 5.69 Å². The van der Waals surface area contributed by atoms with Crippen LogP contribution in [0.15, 0.2) is 36.4 Å². The van der Waals surface area contributed by atoms with E-state index in [1.807, 2.05) is 43.3 Å². The second-order valence-electron chi connectivity index (χ2n) is 6.69. The Kier molecular flexibility index (Phi) is 3.80. The molecule has 132 valence electrons. The molecule has 0 aromatic heterocycles. The number of rotatable bonds is 5. The van der Waals surface area contributed by atoms with E-state index in [0.717, 1.165) is 17.9 Å². The van der Waals surface area contributed by atoms with Crippen LogP contribution in [0.1, 0.15) is 13.3 Å². The van der Waals surface area contributed by atoms with Crippen LogP contribution in [-0.4, -0.2) is 43.8 Å². The van der Waals surface area contributed by atoms with Crippen LogP contribution in [0.2, 0.25) is 0 Å². The molecule has 0 N–H and O–H groups in total. The third-order valence-electron chi connectivity index (χ3n) is 5.21. The lowest BCUT2D eigenvalue weighted by Gasteiger charge is -2.22. The van der Waals surface area contributed by atoms with Gasteiger partial charge in [-0.1, -0.05) is 19.1 Å². The van der Waals surface area contributed by atoms with Gasteiger partial charge in [-0.25, -0.2) is 0 Å². The molecule has 0 radical (unpaired) electrons. The number of fused-ring (bicyclic) bond motifs is 1. The summed E-state index contributed by atoms with van der Waals surface area (Å²) in [6.45, 7) is 2.72. The van der Waals surface area contributed by atoms with E-state index in [1.165, 1.54) is 0 Å². The van der Waals surface area contributed by atoms with Crippen molar-refractivity contribution in [1.82, 2.24) is 0 Å². The first-order valence-electron chi connectivity index (χ1n) is 8.59. The largest absolute Gasteiger partial charge is 0.497 e. The van der Waals surface area contributed by atoms with Crippen LogP contribution >= 0.6 is 0 Å². The molecule has 1 aromatic carbocycles. The molecular formula is C19H21NO5. The van der Waals surface area contributed by atoms with Gasteiger partial charge < -0.3 is 19.1 Å². The normalized spacial score (nSPS) is 32.2. The van der Waals surface area contributed by atoms with Crippen LogP contribution in [0.25, 0.3) is 0 Å². The van der Waals surface area contributed by atoms with Crippen molar-refractivity contribution in [2.75, 3.05) is 25.2 Å². The zero-order valence-electron chi connectivity index (χ0n) is 14.3. The first-order chi connectivity index (χ1) is 12.1. The summed E-state index contributed by atoms with van der Waals surface area (Å²) in [4.78, 5) is 27.3. The molecule has 2 saturated heterocycles. The highest BCUT2D eigenvalue weighted by Crippen LogP contribution is 2.52. The Bertz CT molecular complexity index is 728. The van der Waals surface area contributed by atoms with Crippen molar-refractivity contribution in [3.05, 3.63) is 36.4 Å². The summed E-state index contributed by atoms with van der Waals surface area (Å²) in [5, 5.41) is 0. The summed E-state index contributed by atoms with van der Waals surface area (Å²) in [5.41, 5.74) is 0.0492. The smallest absolute Gasteiger partial charge is 0.312 e. The quantitative estimate of drug-likeness (QED) is 0.604. The summed E-state index contributed by atoms with van der Waals surface area (Å²) in [7, 11) is 1.60. The van der Waals surface area contributed by atoms with E-state index in [2.05, 4.69) is 0 Å². The SMILES string of the molecule is CCCOC(=O)[C@@H]1[C@H]2C(=O)N(c3ccc(OC)cc3)C[C@@]23C=C[C@H]1O3. The lowest BCUT2D eigenvalue weighted by Crippen LogP contribution is -2.40. The van der Waals surface area contributed by atoms with Gasteiger partial charge in [-0.3, -0.25) is 9.59 Å². The number of nitrogens with zero attached hydrogens (tertiary/aromatic N) is 1. The Morgan fingerprint density at radius 1 is 1.36 bits per heavy atom. The number of amides is 1. The number of carbonyl (C=O) groups excluding carboxylic acids is 2. The maximum absolute atomic E-state index is 13.1. The molecule has 4 rings (SSSR count). The first kappa shape index (κ1) is 16.1. The maximum atomic E-state index is 13.1. The number of hydrogen-bond acceptors (Lipinski definition) is 5. The minimum atomic E-state index is -0.725. The van der Waals surface area contributed by atoms with Gasteiger partial charge in [-0.05, 0) is 30.7 Å². The molecule has 1 aromatic rings. The predicted octanol–water partition coefficient (Wildman–Crippen LogP) is 1.93. The second-order valence-corrected chi connectivity index (χ2v) is 6.69. The van der Waals surface area contributed by atoms with Crippen molar-refractivity contribution in [3.63, 3.8) is 0 Å². The molecule has 3 heterocycles. The van der Waals surface area contributed by atoms with E-state index < -0.39 is 17.4 Å². The summed E-state index contributed by atoms with van der Waals surface area (Å²) in [5.74, 6) is -0.781. The molecule has 6 heteroatoms. The summed E-state index contributed by atoms with van der Waals surface area (Å²) in [6.07, 6.45) is 4.21.